The summed E-state index contributed by atoms with van der Waals surface area (Å²) in [5.74, 6) is -0.0483. The first kappa shape index (κ1) is 29.3. The molecule has 41 heavy (non-hydrogen) atoms. The van der Waals surface area contributed by atoms with Crippen LogP contribution in [-0.4, -0.2) is 36.9 Å². The van der Waals surface area contributed by atoms with Crippen molar-refractivity contribution >= 4 is 34.1 Å². The second-order valence-electron chi connectivity index (χ2n) is 9.70. The number of thiophene rings is 1. The van der Waals surface area contributed by atoms with Gasteiger partial charge in [0.1, 0.15) is 16.6 Å². The number of hydrogen-bond acceptors (Lipinski definition) is 8. The van der Waals surface area contributed by atoms with Crippen molar-refractivity contribution in [3.8, 4) is 0 Å². The summed E-state index contributed by atoms with van der Waals surface area (Å²) in [5.41, 5.74) is 0.595. The van der Waals surface area contributed by atoms with Gasteiger partial charge in [0.05, 0.1) is 0 Å². The molecule has 0 radical (unpaired) electrons. The summed E-state index contributed by atoms with van der Waals surface area (Å²) >= 11 is 1.40. The third-order valence-corrected chi connectivity index (χ3v) is 7.38. The molecule has 0 aliphatic carbocycles. The largest absolute Gasteiger partial charge is 0.328 e. The molecule has 4 rings (SSSR count). The highest BCUT2D eigenvalue weighted by atomic mass is 32.1. The zero-order valence-electron chi connectivity index (χ0n) is 22.6. The van der Waals surface area contributed by atoms with Crippen molar-refractivity contribution in [2.75, 3.05) is 0 Å². The number of aromatic amines is 2. The number of ketones is 2. The van der Waals surface area contributed by atoms with E-state index in [0.29, 0.717) is 11.1 Å². The number of carbonyl (C=O) groups is 2. The molecule has 3 aromatic heterocycles. The lowest BCUT2D eigenvalue weighted by Gasteiger charge is -2.06. The van der Waals surface area contributed by atoms with Gasteiger partial charge in [0.2, 0.25) is 0 Å². The molecule has 4 aromatic rings. The van der Waals surface area contributed by atoms with E-state index in [4.69, 9.17) is 0 Å². The summed E-state index contributed by atoms with van der Waals surface area (Å²) in [6.45, 7) is 3.60. The summed E-state index contributed by atoms with van der Waals surface area (Å²) < 4.78 is 2.66. The summed E-state index contributed by atoms with van der Waals surface area (Å²) in [6.07, 6.45) is 5.42. The van der Waals surface area contributed by atoms with Gasteiger partial charge in [-0.1, -0.05) is 24.3 Å². The van der Waals surface area contributed by atoms with Gasteiger partial charge in [-0.05, 0) is 37.1 Å². The van der Waals surface area contributed by atoms with Gasteiger partial charge in [-0.25, -0.2) is 14.6 Å². The van der Waals surface area contributed by atoms with E-state index >= 15 is 0 Å². The second-order valence-corrected chi connectivity index (χ2v) is 10.8. The van der Waals surface area contributed by atoms with Crippen LogP contribution < -0.4 is 22.5 Å². The minimum Gasteiger partial charge on any atom is -0.300 e. The smallest absolute Gasteiger partial charge is 0.300 e. The first-order valence-electron chi connectivity index (χ1n) is 12.9. The summed E-state index contributed by atoms with van der Waals surface area (Å²) in [5, 5.41) is 0.743. The fraction of sp³-hybridized carbons (Fsp3) is 0.276. The molecular formula is C29H29N5O6S. The SMILES string of the molecule is Cc1cn(CCC(=O)Cc2ccc(C=Nc3ccc(CC(=O)CCn4cc(C)c(=O)[nH]c4=O)s3)cc2)c(=O)[nH]c1=O. The molecule has 3 heterocycles. The number of aromatic nitrogens is 4. The molecule has 0 aliphatic heterocycles. The number of nitrogens with one attached hydrogen (secondary N) is 2. The van der Waals surface area contributed by atoms with Gasteiger partial charge >= 0.3 is 11.4 Å². The number of carbonyl (C=O) groups excluding carboxylic acids is 2. The maximum Gasteiger partial charge on any atom is 0.328 e. The highest BCUT2D eigenvalue weighted by molar-refractivity contribution is 7.15. The standard InChI is InChI=1S/C29H29N5O6S/c1-18-16-33(28(39)31-26(18)37)11-9-22(35)13-20-3-5-21(6-4-20)15-30-25-8-7-24(41-25)14-23(36)10-12-34-17-19(2)27(38)32-29(34)40/h3-8,15-17H,9-14H2,1-2H3,(H,31,37,39)(H,32,38,40). The molecule has 12 heteroatoms. The number of aliphatic imine (C=N–C) groups is 1. The Morgan fingerprint density at radius 1 is 0.780 bits per heavy atom. The lowest BCUT2D eigenvalue weighted by Crippen LogP contribution is -2.31. The van der Waals surface area contributed by atoms with Crippen LogP contribution in [0, 0.1) is 13.8 Å². The molecule has 0 spiro atoms. The van der Waals surface area contributed by atoms with Gasteiger partial charge in [-0.15, -0.1) is 11.3 Å². The quantitative estimate of drug-likeness (QED) is 0.247. The van der Waals surface area contributed by atoms with E-state index in [1.165, 1.54) is 32.9 Å². The molecule has 0 fully saturated rings. The molecule has 0 atom stereocenters. The van der Waals surface area contributed by atoms with Crippen molar-refractivity contribution in [3.63, 3.8) is 0 Å². The Morgan fingerprint density at radius 3 is 1.88 bits per heavy atom. The Labute approximate surface area is 237 Å². The van der Waals surface area contributed by atoms with Crippen LogP contribution in [0.3, 0.4) is 0 Å². The highest BCUT2D eigenvalue weighted by Crippen LogP contribution is 2.25. The van der Waals surface area contributed by atoms with Crippen molar-refractivity contribution in [3.05, 3.63) is 118 Å². The number of H-pyrrole nitrogens is 2. The van der Waals surface area contributed by atoms with Crippen molar-refractivity contribution in [1.29, 1.82) is 0 Å². The van der Waals surface area contributed by atoms with Crippen molar-refractivity contribution in [2.24, 2.45) is 4.99 Å². The summed E-state index contributed by atoms with van der Waals surface area (Å²) in [7, 11) is 0. The maximum atomic E-state index is 12.4. The lowest BCUT2D eigenvalue weighted by molar-refractivity contribution is -0.119. The molecule has 0 amide bonds. The number of aryl methyl sites for hydroxylation is 4. The molecule has 0 saturated carbocycles. The van der Waals surface area contributed by atoms with Crippen LogP contribution in [0.15, 0.2) is 73.0 Å². The molecule has 212 valence electrons. The average molecular weight is 576 g/mol. The van der Waals surface area contributed by atoms with Crippen molar-refractivity contribution in [1.82, 2.24) is 19.1 Å². The van der Waals surface area contributed by atoms with Crippen LogP contribution in [0.1, 0.15) is 40.0 Å². The third kappa shape index (κ3) is 8.15. The van der Waals surface area contributed by atoms with Crippen LogP contribution in [-0.2, 0) is 35.5 Å². The van der Waals surface area contributed by atoms with E-state index in [9.17, 15) is 28.8 Å². The van der Waals surface area contributed by atoms with Crippen LogP contribution >= 0.6 is 11.3 Å². The van der Waals surface area contributed by atoms with E-state index in [1.54, 1.807) is 20.1 Å². The van der Waals surface area contributed by atoms with Crippen LogP contribution in [0.4, 0.5) is 5.00 Å². The van der Waals surface area contributed by atoms with E-state index in [-0.39, 0.29) is 50.3 Å². The van der Waals surface area contributed by atoms with Crippen molar-refractivity contribution in [2.45, 2.75) is 52.6 Å². The normalized spacial score (nSPS) is 11.3. The maximum absolute atomic E-state index is 12.4. The Bertz CT molecular complexity index is 1840. The molecule has 0 bridgehead atoms. The van der Waals surface area contributed by atoms with Gasteiger partial charge in [0, 0.05) is 73.4 Å². The monoisotopic (exact) mass is 575 g/mol. The van der Waals surface area contributed by atoms with Gasteiger partial charge in [0.15, 0.2) is 0 Å². The van der Waals surface area contributed by atoms with Crippen LogP contribution in [0.2, 0.25) is 0 Å². The Hall–Kier alpha value is -4.71. The highest BCUT2D eigenvalue weighted by Gasteiger charge is 2.09. The van der Waals surface area contributed by atoms with E-state index < -0.39 is 22.5 Å². The Kier molecular flexibility index (Phi) is 9.35. The van der Waals surface area contributed by atoms with E-state index in [2.05, 4.69) is 15.0 Å². The number of benzene rings is 1. The Balaban J connectivity index is 1.25. The zero-order chi connectivity index (χ0) is 29.5. The molecule has 0 aliphatic rings. The number of hydrogen-bond donors (Lipinski definition) is 2. The average Bonchev–Trinajstić information content (AvgIpc) is 3.38. The topological polar surface area (TPSA) is 156 Å². The molecule has 11 nitrogen and oxygen atoms in total. The first-order valence-corrected chi connectivity index (χ1v) is 13.7. The van der Waals surface area contributed by atoms with Gasteiger partial charge in [0.25, 0.3) is 11.1 Å². The number of nitrogens with zero attached hydrogens (tertiary/aromatic N) is 3. The predicted octanol–water partition coefficient (Wildman–Crippen LogP) is 2.22. The third-order valence-electron chi connectivity index (χ3n) is 6.38. The first-order chi connectivity index (χ1) is 19.6. The molecule has 0 saturated heterocycles. The molecule has 2 N–H and O–H groups in total. The summed E-state index contributed by atoms with van der Waals surface area (Å²) in [6, 6.07) is 11.1. The lowest BCUT2D eigenvalue weighted by atomic mass is 10.1. The minimum atomic E-state index is -0.531. The fourth-order valence-corrected chi connectivity index (χ4v) is 4.93. The number of rotatable bonds is 12. The predicted molar refractivity (Wildman–Crippen MR) is 157 cm³/mol. The summed E-state index contributed by atoms with van der Waals surface area (Å²) in [4.78, 5) is 81.3. The minimum absolute atomic E-state index is 0.0239. The van der Waals surface area contributed by atoms with Gasteiger partial charge in [-0.3, -0.25) is 38.3 Å². The number of Topliss-reactive ketones (excluding diaryl/α,β-unsaturated/α-hetero) is 2. The van der Waals surface area contributed by atoms with Gasteiger partial charge in [-0.2, -0.15) is 0 Å². The fourth-order valence-electron chi connectivity index (χ4n) is 4.05. The van der Waals surface area contributed by atoms with E-state index in [0.717, 1.165) is 21.0 Å². The second kappa shape index (κ2) is 13.1. The van der Waals surface area contributed by atoms with Crippen LogP contribution in [0.5, 0.6) is 0 Å². The zero-order valence-corrected chi connectivity index (χ0v) is 23.5. The van der Waals surface area contributed by atoms with Gasteiger partial charge < -0.3 is 0 Å². The van der Waals surface area contributed by atoms with Crippen LogP contribution in [0.25, 0.3) is 0 Å². The molecule has 1 aromatic carbocycles. The van der Waals surface area contributed by atoms with E-state index in [1.807, 2.05) is 36.4 Å². The molecule has 0 unspecified atom stereocenters. The molecular weight excluding hydrogens is 546 g/mol. The Morgan fingerprint density at radius 2 is 1.32 bits per heavy atom. The van der Waals surface area contributed by atoms with Crippen molar-refractivity contribution < 1.29 is 9.59 Å².